The van der Waals surface area contributed by atoms with Crippen LogP contribution in [0.4, 0.5) is 0 Å². The first kappa shape index (κ1) is 17.0. The maximum absolute atomic E-state index is 9.89. The maximum atomic E-state index is 9.89. The lowest BCUT2D eigenvalue weighted by atomic mass is 9.78. The third kappa shape index (κ3) is 3.34. The van der Waals surface area contributed by atoms with E-state index in [9.17, 15) is 5.26 Å². The van der Waals surface area contributed by atoms with E-state index >= 15 is 0 Å². The quantitative estimate of drug-likeness (QED) is 0.684. The van der Waals surface area contributed by atoms with Crippen LogP contribution in [0.15, 0.2) is 48.5 Å². The number of nitriles is 1. The van der Waals surface area contributed by atoms with Crippen molar-refractivity contribution in [3.8, 4) is 11.9 Å². The highest BCUT2D eigenvalue weighted by Gasteiger charge is 2.27. The number of ether oxygens (including phenoxy) is 1. The summed E-state index contributed by atoms with van der Waals surface area (Å²) in [6.45, 7) is 6.04. The van der Waals surface area contributed by atoms with E-state index in [1.807, 2.05) is 38.1 Å². The molecular formula is C22H22N2O. The Morgan fingerprint density at radius 1 is 1.12 bits per heavy atom. The van der Waals surface area contributed by atoms with Gasteiger partial charge in [-0.05, 0) is 50.5 Å². The van der Waals surface area contributed by atoms with Gasteiger partial charge in [-0.2, -0.15) is 5.26 Å². The van der Waals surface area contributed by atoms with Gasteiger partial charge >= 0.3 is 0 Å². The van der Waals surface area contributed by atoms with Gasteiger partial charge < -0.3 is 4.74 Å². The van der Waals surface area contributed by atoms with Gasteiger partial charge in [0.15, 0.2) is 0 Å². The lowest BCUT2D eigenvalue weighted by Crippen LogP contribution is -2.23. The molecule has 3 rings (SSSR count). The van der Waals surface area contributed by atoms with Crippen LogP contribution in [0.1, 0.15) is 29.2 Å². The molecule has 1 atom stereocenters. The van der Waals surface area contributed by atoms with Gasteiger partial charge in [-0.25, -0.2) is 4.98 Å². The Hall–Kier alpha value is -2.86. The Bertz CT molecular complexity index is 971. The summed E-state index contributed by atoms with van der Waals surface area (Å²) in [5, 5.41) is 10.9. The Kier molecular flexibility index (Phi) is 4.46. The van der Waals surface area contributed by atoms with Crippen molar-refractivity contribution in [3.63, 3.8) is 0 Å². The molecule has 0 radical (unpaired) electrons. The van der Waals surface area contributed by atoms with Crippen LogP contribution in [-0.4, -0.2) is 12.1 Å². The molecule has 25 heavy (non-hydrogen) atoms. The van der Waals surface area contributed by atoms with Crippen molar-refractivity contribution in [2.75, 3.05) is 7.11 Å². The van der Waals surface area contributed by atoms with Crippen LogP contribution in [0.3, 0.4) is 0 Å². The topological polar surface area (TPSA) is 45.9 Å². The van der Waals surface area contributed by atoms with E-state index in [0.717, 1.165) is 22.0 Å². The van der Waals surface area contributed by atoms with Crippen molar-refractivity contribution in [1.29, 1.82) is 5.26 Å². The molecule has 1 aromatic heterocycles. The molecule has 0 saturated heterocycles. The SMILES string of the molecule is COc1nc2cc(C(C)(C#N)Cc3cccc(C)c3)ccc2cc1C. The standard InChI is InChI=1S/C22H22N2O/c1-15-6-5-7-17(10-15)13-22(3,14-23)19-9-8-18-11-16(2)21(25-4)24-20(18)12-19/h5-12H,13H2,1-4H3. The first-order valence-corrected chi connectivity index (χ1v) is 8.38. The van der Waals surface area contributed by atoms with Crippen molar-refractivity contribution in [2.45, 2.75) is 32.6 Å². The smallest absolute Gasteiger partial charge is 0.216 e. The highest BCUT2D eigenvalue weighted by Crippen LogP contribution is 2.31. The van der Waals surface area contributed by atoms with Crippen molar-refractivity contribution >= 4 is 10.9 Å². The minimum atomic E-state index is -0.609. The number of nitrogens with zero attached hydrogens (tertiary/aromatic N) is 2. The van der Waals surface area contributed by atoms with Crippen molar-refractivity contribution in [1.82, 2.24) is 4.98 Å². The maximum Gasteiger partial charge on any atom is 0.216 e. The summed E-state index contributed by atoms with van der Waals surface area (Å²) in [4.78, 5) is 4.59. The van der Waals surface area contributed by atoms with Crippen LogP contribution < -0.4 is 4.74 Å². The molecule has 0 spiro atoms. The van der Waals surface area contributed by atoms with Gasteiger partial charge in [0.1, 0.15) is 0 Å². The summed E-state index contributed by atoms with van der Waals surface area (Å²) in [6, 6.07) is 19.0. The lowest BCUT2D eigenvalue weighted by molar-refractivity contribution is 0.396. The van der Waals surface area contributed by atoms with Gasteiger partial charge in [-0.15, -0.1) is 0 Å². The van der Waals surface area contributed by atoms with E-state index in [-0.39, 0.29) is 0 Å². The van der Waals surface area contributed by atoms with E-state index in [2.05, 4.69) is 42.2 Å². The number of fused-ring (bicyclic) bond motifs is 1. The fourth-order valence-electron chi connectivity index (χ4n) is 3.24. The summed E-state index contributed by atoms with van der Waals surface area (Å²) < 4.78 is 5.34. The first-order chi connectivity index (χ1) is 11.9. The van der Waals surface area contributed by atoms with Gasteiger partial charge in [0.25, 0.3) is 0 Å². The molecule has 0 saturated carbocycles. The minimum Gasteiger partial charge on any atom is -0.481 e. The zero-order chi connectivity index (χ0) is 18.0. The highest BCUT2D eigenvalue weighted by atomic mass is 16.5. The molecule has 2 aromatic carbocycles. The Morgan fingerprint density at radius 3 is 2.60 bits per heavy atom. The number of aryl methyl sites for hydroxylation is 2. The number of benzene rings is 2. The summed E-state index contributed by atoms with van der Waals surface area (Å²) in [7, 11) is 1.63. The first-order valence-electron chi connectivity index (χ1n) is 8.38. The third-order valence-electron chi connectivity index (χ3n) is 4.68. The van der Waals surface area contributed by atoms with Gasteiger partial charge in [0.05, 0.1) is 24.1 Å². The summed E-state index contributed by atoms with van der Waals surface area (Å²) in [5.41, 5.74) is 4.59. The predicted octanol–water partition coefficient (Wildman–Crippen LogP) is 4.88. The number of hydrogen-bond donors (Lipinski definition) is 0. The van der Waals surface area contributed by atoms with Crippen LogP contribution >= 0.6 is 0 Å². The zero-order valence-electron chi connectivity index (χ0n) is 15.1. The second-order valence-corrected chi connectivity index (χ2v) is 6.83. The third-order valence-corrected chi connectivity index (χ3v) is 4.68. The van der Waals surface area contributed by atoms with Gasteiger partial charge in [-0.3, -0.25) is 0 Å². The lowest BCUT2D eigenvalue weighted by Gasteiger charge is -2.23. The summed E-state index contributed by atoms with van der Waals surface area (Å²) >= 11 is 0. The average Bonchev–Trinajstić information content (AvgIpc) is 2.60. The molecule has 126 valence electrons. The number of hydrogen-bond acceptors (Lipinski definition) is 3. The van der Waals surface area contributed by atoms with E-state index in [4.69, 9.17) is 4.74 Å². The Morgan fingerprint density at radius 2 is 1.92 bits per heavy atom. The molecule has 1 heterocycles. The van der Waals surface area contributed by atoms with Crippen LogP contribution in [0.25, 0.3) is 10.9 Å². The van der Waals surface area contributed by atoms with E-state index in [1.165, 1.54) is 11.1 Å². The zero-order valence-corrected chi connectivity index (χ0v) is 15.1. The van der Waals surface area contributed by atoms with E-state index < -0.39 is 5.41 Å². The van der Waals surface area contributed by atoms with Crippen molar-refractivity contribution in [3.05, 3.63) is 70.8 Å². The normalized spacial score (nSPS) is 13.2. The summed E-state index contributed by atoms with van der Waals surface area (Å²) in [6.07, 6.45) is 0.666. The summed E-state index contributed by atoms with van der Waals surface area (Å²) in [5.74, 6) is 0.627. The molecular weight excluding hydrogens is 308 g/mol. The fraction of sp³-hybridized carbons (Fsp3) is 0.273. The molecule has 3 aromatic rings. The van der Waals surface area contributed by atoms with Gasteiger partial charge in [-0.1, -0.05) is 42.0 Å². The Balaban J connectivity index is 2.05. The predicted molar refractivity (Wildman–Crippen MR) is 101 cm³/mol. The number of aromatic nitrogens is 1. The van der Waals surface area contributed by atoms with E-state index in [0.29, 0.717) is 12.3 Å². The Labute approximate surface area is 148 Å². The second kappa shape index (κ2) is 6.57. The van der Waals surface area contributed by atoms with Crippen LogP contribution in [-0.2, 0) is 11.8 Å². The second-order valence-electron chi connectivity index (χ2n) is 6.83. The molecule has 0 N–H and O–H groups in total. The minimum absolute atomic E-state index is 0.609. The molecule has 3 heteroatoms. The molecule has 0 bridgehead atoms. The van der Waals surface area contributed by atoms with Crippen molar-refractivity contribution in [2.24, 2.45) is 0 Å². The van der Waals surface area contributed by atoms with Crippen LogP contribution in [0.5, 0.6) is 5.88 Å². The molecule has 0 aliphatic heterocycles. The molecule has 1 unspecified atom stereocenters. The average molecular weight is 330 g/mol. The van der Waals surface area contributed by atoms with Crippen LogP contribution in [0, 0.1) is 25.2 Å². The van der Waals surface area contributed by atoms with E-state index in [1.54, 1.807) is 7.11 Å². The molecule has 0 aliphatic carbocycles. The van der Waals surface area contributed by atoms with Crippen LogP contribution in [0.2, 0.25) is 0 Å². The fourth-order valence-corrected chi connectivity index (χ4v) is 3.24. The molecule has 0 amide bonds. The molecule has 3 nitrogen and oxygen atoms in total. The van der Waals surface area contributed by atoms with Crippen molar-refractivity contribution < 1.29 is 4.74 Å². The molecule has 0 aliphatic rings. The van der Waals surface area contributed by atoms with Gasteiger partial charge in [0, 0.05) is 10.9 Å². The largest absolute Gasteiger partial charge is 0.481 e. The number of pyridine rings is 1. The number of methoxy groups -OCH3 is 1. The highest BCUT2D eigenvalue weighted by molar-refractivity contribution is 5.81. The monoisotopic (exact) mass is 330 g/mol. The number of rotatable bonds is 4. The molecule has 0 fully saturated rings. The van der Waals surface area contributed by atoms with Gasteiger partial charge in [0.2, 0.25) is 5.88 Å².